The number of carbonyl (C=O) groups is 1. The third-order valence-electron chi connectivity index (χ3n) is 4.64. The number of amides is 1. The highest BCUT2D eigenvalue weighted by Gasteiger charge is 2.30. The maximum atomic E-state index is 13.3. The van der Waals surface area contributed by atoms with Crippen molar-refractivity contribution >= 4 is 18.3 Å². The molecule has 2 saturated heterocycles. The number of nitrogens with zero attached hydrogens (tertiary/aromatic N) is 1. The van der Waals surface area contributed by atoms with Crippen LogP contribution in [0.1, 0.15) is 37.7 Å². The van der Waals surface area contributed by atoms with Gasteiger partial charge in [-0.25, -0.2) is 4.39 Å². The molecule has 0 saturated carbocycles. The number of rotatable bonds is 4. The second kappa shape index (κ2) is 7.93. The van der Waals surface area contributed by atoms with E-state index in [0.717, 1.165) is 44.3 Å². The van der Waals surface area contributed by atoms with Gasteiger partial charge in [-0.3, -0.25) is 4.79 Å². The molecule has 2 aliphatic rings. The molecule has 2 aliphatic heterocycles. The van der Waals surface area contributed by atoms with Gasteiger partial charge >= 0.3 is 0 Å². The Labute approximate surface area is 137 Å². The molecule has 0 radical (unpaired) electrons. The summed E-state index contributed by atoms with van der Waals surface area (Å²) in [7, 11) is 0. The lowest BCUT2D eigenvalue weighted by molar-refractivity contribution is -0.132. The fourth-order valence-corrected chi connectivity index (χ4v) is 3.57. The van der Waals surface area contributed by atoms with Gasteiger partial charge in [0.1, 0.15) is 5.82 Å². The van der Waals surface area contributed by atoms with Crippen molar-refractivity contribution in [2.24, 2.45) is 0 Å². The molecular formula is C17H24ClFN2O. The molecule has 3 nitrogen and oxygen atoms in total. The Morgan fingerprint density at radius 2 is 2.18 bits per heavy atom. The van der Waals surface area contributed by atoms with Gasteiger partial charge in [0, 0.05) is 25.0 Å². The molecule has 0 spiro atoms. The lowest BCUT2D eigenvalue weighted by Crippen LogP contribution is -2.39. The van der Waals surface area contributed by atoms with E-state index in [2.05, 4.69) is 5.32 Å². The Balaban J connectivity index is 0.00000176. The Kier molecular flexibility index (Phi) is 6.21. The van der Waals surface area contributed by atoms with Gasteiger partial charge in [0.2, 0.25) is 5.91 Å². The van der Waals surface area contributed by atoms with Crippen molar-refractivity contribution in [2.75, 3.05) is 13.1 Å². The van der Waals surface area contributed by atoms with Crippen molar-refractivity contribution in [3.8, 4) is 0 Å². The van der Waals surface area contributed by atoms with Gasteiger partial charge < -0.3 is 10.2 Å². The summed E-state index contributed by atoms with van der Waals surface area (Å²) < 4.78 is 13.3. The molecule has 1 aromatic rings. The number of likely N-dealkylation sites (tertiary alicyclic amines) is 1. The molecule has 2 fully saturated rings. The van der Waals surface area contributed by atoms with Gasteiger partial charge in [-0.2, -0.15) is 0 Å². The van der Waals surface area contributed by atoms with E-state index in [1.54, 1.807) is 12.1 Å². The standard InChI is InChI=1S/C17H23FN2O.ClH/c18-14-5-1-4-13(10-14)11-16-7-3-9-20(16)17(21)12-15-6-2-8-19-15;/h1,4-5,10,15-16,19H,2-3,6-9,11-12H2;1H. The first-order valence-corrected chi connectivity index (χ1v) is 7.99. The van der Waals surface area contributed by atoms with E-state index in [0.29, 0.717) is 12.5 Å². The molecule has 122 valence electrons. The minimum Gasteiger partial charge on any atom is -0.339 e. The molecule has 22 heavy (non-hydrogen) atoms. The van der Waals surface area contributed by atoms with Gasteiger partial charge in [0.25, 0.3) is 0 Å². The van der Waals surface area contributed by atoms with Crippen LogP contribution in [0.15, 0.2) is 24.3 Å². The topological polar surface area (TPSA) is 32.3 Å². The summed E-state index contributed by atoms with van der Waals surface area (Å²) in [6.07, 6.45) is 5.74. The molecule has 0 bridgehead atoms. The van der Waals surface area contributed by atoms with Gasteiger partial charge in [-0.15, -0.1) is 12.4 Å². The lowest BCUT2D eigenvalue weighted by atomic mass is 10.0. The van der Waals surface area contributed by atoms with E-state index in [-0.39, 0.29) is 30.2 Å². The van der Waals surface area contributed by atoms with Crippen LogP contribution in [0.5, 0.6) is 0 Å². The van der Waals surface area contributed by atoms with E-state index >= 15 is 0 Å². The Morgan fingerprint density at radius 1 is 1.32 bits per heavy atom. The first-order valence-electron chi connectivity index (χ1n) is 7.99. The number of benzene rings is 1. The number of halogens is 2. The molecule has 2 unspecified atom stereocenters. The first kappa shape index (κ1) is 17.2. The minimum atomic E-state index is -0.196. The highest BCUT2D eigenvalue weighted by molar-refractivity contribution is 5.85. The molecule has 1 amide bonds. The Hall–Kier alpha value is -1.13. The molecular weight excluding hydrogens is 303 g/mol. The Bertz CT molecular complexity index is 505. The van der Waals surface area contributed by atoms with Crippen LogP contribution in [0.2, 0.25) is 0 Å². The van der Waals surface area contributed by atoms with Crippen molar-refractivity contribution < 1.29 is 9.18 Å². The fraction of sp³-hybridized carbons (Fsp3) is 0.588. The van der Waals surface area contributed by atoms with Gasteiger partial charge in [-0.05, 0) is 56.3 Å². The van der Waals surface area contributed by atoms with E-state index in [1.807, 2.05) is 11.0 Å². The van der Waals surface area contributed by atoms with Crippen LogP contribution in [0.4, 0.5) is 4.39 Å². The molecule has 0 aliphatic carbocycles. The molecule has 0 aromatic heterocycles. The summed E-state index contributed by atoms with van der Waals surface area (Å²) in [4.78, 5) is 14.5. The molecule has 2 atom stereocenters. The van der Waals surface area contributed by atoms with E-state index in [1.165, 1.54) is 12.5 Å². The molecule has 1 aromatic carbocycles. The second-order valence-electron chi connectivity index (χ2n) is 6.21. The maximum absolute atomic E-state index is 13.3. The zero-order valence-corrected chi connectivity index (χ0v) is 13.6. The normalized spacial score (nSPS) is 24.3. The SMILES string of the molecule is Cl.O=C(CC1CCCN1)N1CCCC1Cc1cccc(F)c1. The second-order valence-corrected chi connectivity index (χ2v) is 6.21. The monoisotopic (exact) mass is 326 g/mol. The van der Waals surface area contributed by atoms with Gasteiger partial charge in [-0.1, -0.05) is 12.1 Å². The number of hydrogen-bond acceptors (Lipinski definition) is 2. The maximum Gasteiger partial charge on any atom is 0.224 e. The van der Waals surface area contributed by atoms with Crippen LogP contribution >= 0.6 is 12.4 Å². The number of hydrogen-bond donors (Lipinski definition) is 1. The Morgan fingerprint density at radius 3 is 2.91 bits per heavy atom. The number of carbonyl (C=O) groups excluding carboxylic acids is 1. The predicted molar refractivity (Wildman–Crippen MR) is 87.7 cm³/mol. The highest BCUT2D eigenvalue weighted by Crippen LogP contribution is 2.23. The zero-order chi connectivity index (χ0) is 14.7. The van der Waals surface area contributed by atoms with Crippen molar-refractivity contribution in [2.45, 2.75) is 50.6 Å². The van der Waals surface area contributed by atoms with Crippen molar-refractivity contribution in [1.82, 2.24) is 10.2 Å². The van der Waals surface area contributed by atoms with Crippen molar-refractivity contribution in [3.05, 3.63) is 35.6 Å². The average Bonchev–Trinajstić information content (AvgIpc) is 3.10. The van der Waals surface area contributed by atoms with E-state index < -0.39 is 0 Å². The molecule has 1 N–H and O–H groups in total. The predicted octanol–water partition coefficient (Wildman–Crippen LogP) is 2.92. The van der Waals surface area contributed by atoms with E-state index in [9.17, 15) is 9.18 Å². The van der Waals surface area contributed by atoms with Crippen LogP contribution in [0, 0.1) is 5.82 Å². The van der Waals surface area contributed by atoms with Crippen molar-refractivity contribution in [1.29, 1.82) is 0 Å². The summed E-state index contributed by atoms with van der Waals surface area (Å²) in [5.41, 5.74) is 0.985. The third-order valence-corrected chi connectivity index (χ3v) is 4.64. The summed E-state index contributed by atoms with van der Waals surface area (Å²) in [5.74, 6) is 0.0619. The largest absolute Gasteiger partial charge is 0.339 e. The zero-order valence-electron chi connectivity index (χ0n) is 12.8. The highest BCUT2D eigenvalue weighted by atomic mass is 35.5. The quantitative estimate of drug-likeness (QED) is 0.922. The third kappa shape index (κ3) is 4.20. The summed E-state index contributed by atoms with van der Waals surface area (Å²) in [5, 5.41) is 3.39. The van der Waals surface area contributed by atoms with Gasteiger partial charge in [0.05, 0.1) is 0 Å². The summed E-state index contributed by atoms with van der Waals surface area (Å²) in [6, 6.07) is 7.33. The van der Waals surface area contributed by atoms with Crippen LogP contribution in [-0.4, -0.2) is 36.0 Å². The summed E-state index contributed by atoms with van der Waals surface area (Å²) in [6.45, 7) is 1.89. The van der Waals surface area contributed by atoms with Crippen molar-refractivity contribution in [3.63, 3.8) is 0 Å². The lowest BCUT2D eigenvalue weighted by Gasteiger charge is -2.26. The molecule has 2 heterocycles. The van der Waals surface area contributed by atoms with E-state index in [4.69, 9.17) is 0 Å². The van der Waals surface area contributed by atoms with Crippen LogP contribution in [0.3, 0.4) is 0 Å². The van der Waals surface area contributed by atoms with Crippen LogP contribution in [0.25, 0.3) is 0 Å². The first-order chi connectivity index (χ1) is 10.2. The summed E-state index contributed by atoms with van der Waals surface area (Å²) >= 11 is 0. The van der Waals surface area contributed by atoms with Crippen LogP contribution < -0.4 is 5.32 Å². The number of nitrogens with one attached hydrogen (secondary N) is 1. The smallest absolute Gasteiger partial charge is 0.224 e. The fourth-order valence-electron chi connectivity index (χ4n) is 3.57. The van der Waals surface area contributed by atoms with Gasteiger partial charge in [0.15, 0.2) is 0 Å². The molecule has 3 rings (SSSR count). The average molecular weight is 327 g/mol. The molecule has 5 heteroatoms. The van der Waals surface area contributed by atoms with Crippen LogP contribution in [-0.2, 0) is 11.2 Å². The minimum absolute atomic E-state index is 0.